The fourth-order valence-corrected chi connectivity index (χ4v) is 2.79. The minimum Gasteiger partial charge on any atom is -0.478 e. The summed E-state index contributed by atoms with van der Waals surface area (Å²) in [7, 11) is 0. The highest BCUT2D eigenvalue weighted by Crippen LogP contribution is 2.32. The van der Waals surface area contributed by atoms with E-state index in [-0.39, 0.29) is 11.8 Å². The molecule has 4 heteroatoms. The predicted octanol–water partition coefficient (Wildman–Crippen LogP) is 5.02. The first-order valence-corrected chi connectivity index (χ1v) is 8.31. The van der Waals surface area contributed by atoms with Crippen LogP contribution in [0.25, 0.3) is 0 Å². The summed E-state index contributed by atoms with van der Waals surface area (Å²) in [6.45, 7) is 8.12. The SMILES string of the molecule is Cc1c(Cl)cccc1C[C@@H](Oc1ccccc1C(C)(C)C)C(=O)O. The van der Waals surface area contributed by atoms with Crippen LogP contribution in [-0.2, 0) is 16.6 Å². The molecule has 2 aromatic rings. The lowest BCUT2D eigenvalue weighted by Gasteiger charge is -2.25. The van der Waals surface area contributed by atoms with Crippen LogP contribution in [0.3, 0.4) is 0 Å². The fraction of sp³-hybridized carbons (Fsp3) is 0.350. The zero-order valence-electron chi connectivity index (χ0n) is 14.5. The lowest BCUT2D eigenvalue weighted by atomic mass is 9.86. The third kappa shape index (κ3) is 4.30. The molecule has 0 aliphatic carbocycles. The zero-order chi connectivity index (χ0) is 17.9. The Bertz CT molecular complexity index is 732. The van der Waals surface area contributed by atoms with Gasteiger partial charge in [-0.2, -0.15) is 0 Å². The fourth-order valence-electron chi connectivity index (χ4n) is 2.59. The van der Waals surface area contributed by atoms with Crippen molar-refractivity contribution in [1.29, 1.82) is 0 Å². The van der Waals surface area contributed by atoms with Gasteiger partial charge < -0.3 is 9.84 Å². The van der Waals surface area contributed by atoms with Crippen molar-refractivity contribution in [3.63, 3.8) is 0 Å². The molecular weight excluding hydrogens is 324 g/mol. The molecule has 0 saturated carbocycles. The minimum absolute atomic E-state index is 0.133. The number of aliphatic carboxylic acids is 1. The molecule has 0 heterocycles. The van der Waals surface area contributed by atoms with E-state index in [0.717, 1.165) is 16.7 Å². The standard InChI is InChI=1S/C20H23ClO3/c1-13-14(8-7-10-16(13)21)12-18(19(22)23)24-17-11-6-5-9-15(17)20(2,3)4/h5-11,18H,12H2,1-4H3,(H,22,23)/t18-/m1/s1. The zero-order valence-corrected chi connectivity index (χ0v) is 15.2. The van der Waals surface area contributed by atoms with Crippen LogP contribution < -0.4 is 4.74 Å². The van der Waals surface area contributed by atoms with E-state index >= 15 is 0 Å². The molecule has 0 spiro atoms. The first kappa shape index (κ1) is 18.3. The average Bonchev–Trinajstić information content (AvgIpc) is 2.50. The van der Waals surface area contributed by atoms with Crippen molar-refractivity contribution in [1.82, 2.24) is 0 Å². The second-order valence-electron chi connectivity index (χ2n) is 6.92. The van der Waals surface area contributed by atoms with Crippen LogP contribution in [0.4, 0.5) is 0 Å². The molecule has 0 unspecified atom stereocenters. The van der Waals surface area contributed by atoms with Gasteiger partial charge in [0.1, 0.15) is 5.75 Å². The van der Waals surface area contributed by atoms with Crippen LogP contribution in [0, 0.1) is 6.92 Å². The van der Waals surface area contributed by atoms with Crippen LogP contribution in [-0.4, -0.2) is 17.2 Å². The summed E-state index contributed by atoms with van der Waals surface area (Å²) in [4.78, 5) is 11.7. The maximum absolute atomic E-state index is 11.7. The van der Waals surface area contributed by atoms with Gasteiger partial charge in [-0.25, -0.2) is 4.79 Å². The molecule has 0 bridgehead atoms. The number of para-hydroxylation sites is 1. The summed E-state index contributed by atoms with van der Waals surface area (Å²) in [5.41, 5.74) is 2.62. The summed E-state index contributed by atoms with van der Waals surface area (Å²) >= 11 is 6.13. The molecule has 2 aromatic carbocycles. The third-order valence-electron chi connectivity index (χ3n) is 4.02. The second kappa shape index (κ2) is 7.27. The van der Waals surface area contributed by atoms with Gasteiger partial charge in [0, 0.05) is 11.4 Å². The van der Waals surface area contributed by atoms with Crippen molar-refractivity contribution >= 4 is 17.6 Å². The van der Waals surface area contributed by atoms with E-state index < -0.39 is 12.1 Å². The lowest BCUT2D eigenvalue weighted by Crippen LogP contribution is -2.30. The maximum Gasteiger partial charge on any atom is 0.345 e. The smallest absolute Gasteiger partial charge is 0.345 e. The van der Waals surface area contributed by atoms with Crippen LogP contribution in [0.5, 0.6) is 5.75 Å². The van der Waals surface area contributed by atoms with Crippen molar-refractivity contribution in [3.8, 4) is 5.75 Å². The molecule has 0 aromatic heterocycles. The van der Waals surface area contributed by atoms with E-state index in [1.54, 1.807) is 6.07 Å². The topological polar surface area (TPSA) is 46.5 Å². The molecular formula is C20H23ClO3. The van der Waals surface area contributed by atoms with E-state index in [1.807, 2.05) is 43.3 Å². The Labute approximate surface area is 148 Å². The maximum atomic E-state index is 11.7. The van der Waals surface area contributed by atoms with Crippen molar-refractivity contribution in [2.75, 3.05) is 0 Å². The van der Waals surface area contributed by atoms with Gasteiger partial charge in [-0.3, -0.25) is 0 Å². The van der Waals surface area contributed by atoms with Gasteiger partial charge in [0.2, 0.25) is 0 Å². The van der Waals surface area contributed by atoms with E-state index in [9.17, 15) is 9.90 Å². The van der Waals surface area contributed by atoms with Gasteiger partial charge in [-0.15, -0.1) is 0 Å². The van der Waals surface area contributed by atoms with Crippen LogP contribution in [0.15, 0.2) is 42.5 Å². The van der Waals surface area contributed by atoms with E-state index in [4.69, 9.17) is 16.3 Å². The average molecular weight is 347 g/mol. The highest BCUT2D eigenvalue weighted by molar-refractivity contribution is 6.31. The monoisotopic (exact) mass is 346 g/mol. The van der Waals surface area contributed by atoms with Gasteiger partial charge in [-0.1, -0.05) is 62.7 Å². The number of hydrogen-bond donors (Lipinski definition) is 1. The van der Waals surface area contributed by atoms with Crippen LogP contribution >= 0.6 is 11.6 Å². The number of rotatable bonds is 5. The molecule has 0 radical (unpaired) electrons. The van der Waals surface area contributed by atoms with Crippen molar-refractivity contribution in [3.05, 3.63) is 64.2 Å². The number of hydrogen-bond acceptors (Lipinski definition) is 2. The van der Waals surface area contributed by atoms with Crippen LogP contribution in [0.2, 0.25) is 5.02 Å². The third-order valence-corrected chi connectivity index (χ3v) is 4.43. The highest BCUT2D eigenvalue weighted by atomic mass is 35.5. The van der Waals surface area contributed by atoms with Crippen molar-refractivity contribution in [2.45, 2.75) is 45.6 Å². The number of ether oxygens (including phenoxy) is 1. The number of halogens is 1. The van der Waals surface area contributed by atoms with Gasteiger partial charge in [0.25, 0.3) is 0 Å². The molecule has 0 fully saturated rings. The molecule has 3 nitrogen and oxygen atoms in total. The quantitative estimate of drug-likeness (QED) is 0.826. The molecule has 24 heavy (non-hydrogen) atoms. The molecule has 0 amide bonds. The van der Waals surface area contributed by atoms with E-state index in [0.29, 0.717) is 10.8 Å². The molecule has 0 saturated heterocycles. The normalized spacial score (nSPS) is 12.7. The molecule has 2 rings (SSSR count). The summed E-state index contributed by atoms with van der Waals surface area (Å²) < 4.78 is 5.89. The Balaban J connectivity index is 2.31. The highest BCUT2D eigenvalue weighted by Gasteiger charge is 2.25. The summed E-state index contributed by atoms with van der Waals surface area (Å²) in [6, 6.07) is 13.1. The van der Waals surface area contributed by atoms with Gasteiger partial charge in [0.15, 0.2) is 6.10 Å². The van der Waals surface area contributed by atoms with Gasteiger partial charge in [-0.05, 0) is 41.2 Å². The Morgan fingerprint density at radius 2 is 1.83 bits per heavy atom. The summed E-state index contributed by atoms with van der Waals surface area (Å²) in [5, 5.41) is 10.2. The molecule has 1 atom stereocenters. The van der Waals surface area contributed by atoms with Gasteiger partial charge in [0.05, 0.1) is 0 Å². The largest absolute Gasteiger partial charge is 0.478 e. The number of carboxylic acids is 1. The molecule has 0 aliphatic heterocycles. The Kier molecular flexibility index (Phi) is 5.55. The number of benzene rings is 2. The molecule has 128 valence electrons. The van der Waals surface area contributed by atoms with Crippen molar-refractivity contribution < 1.29 is 14.6 Å². The van der Waals surface area contributed by atoms with E-state index in [2.05, 4.69) is 20.8 Å². The summed E-state index contributed by atoms with van der Waals surface area (Å²) in [5.74, 6) is -0.379. The summed E-state index contributed by atoms with van der Waals surface area (Å²) in [6.07, 6.45) is -0.703. The molecule has 1 N–H and O–H groups in total. The van der Waals surface area contributed by atoms with Crippen LogP contribution in [0.1, 0.15) is 37.5 Å². The van der Waals surface area contributed by atoms with Gasteiger partial charge >= 0.3 is 5.97 Å². The van der Waals surface area contributed by atoms with E-state index in [1.165, 1.54) is 0 Å². The Hall–Kier alpha value is -2.00. The predicted molar refractivity (Wildman–Crippen MR) is 97.1 cm³/mol. The first-order valence-electron chi connectivity index (χ1n) is 7.93. The number of carbonyl (C=O) groups is 1. The minimum atomic E-state index is -0.988. The number of carboxylic acid groups (broad SMARTS) is 1. The van der Waals surface area contributed by atoms with Crippen molar-refractivity contribution in [2.24, 2.45) is 0 Å². The lowest BCUT2D eigenvalue weighted by molar-refractivity contribution is -0.145. The molecule has 0 aliphatic rings. The Morgan fingerprint density at radius 1 is 1.17 bits per heavy atom. The first-order chi connectivity index (χ1) is 11.2. The Morgan fingerprint density at radius 3 is 2.46 bits per heavy atom. The second-order valence-corrected chi connectivity index (χ2v) is 7.33.